The quantitative estimate of drug-likeness (QED) is 0.793. The Kier molecular flexibility index (Phi) is 7.21. The van der Waals surface area contributed by atoms with Crippen LogP contribution in [0, 0.1) is 6.92 Å². The van der Waals surface area contributed by atoms with Crippen molar-refractivity contribution in [2.24, 2.45) is 0 Å². The normalized spacial score (nSPS) is 10.3. The molecule has 138 valence electrons. The minimum Gasteiger partial charge on any atom is -0.496 e. The lowest BCUT2D eigenvalue weighted by Crippen LogP contribution is -2.38. The predicted molar refractivity (Wildman–Crippen MR) is 102 cm³/mol. The summed E-state index contributed by atoms with van der Waals surface area (Å²) in [6, 6.07) is 15.2. The molecule has 0 aromatic heterocycles. The van der Waals surface area contributed by atoms with Gasteiger partial charge in [0.2, 0.25) is 5.91 Å². The number of hydrogen-bond donors (Lipinski definition) is 1. The maximum atomic E-state index is 12.2. The number of aryl methyl sites for hydroxylation is 1. The molecule has 5 heteroatoms. The Morgan fingerprint density at radius 2 is 1.85 bits per heavy atom. The van der Waals surface area contributed by atoms with E-state index < -0.39 is 0 Å². The van der Waals surface area contributed by atoms with E-state index in [-0.39, 0.29) is 11.8 Å². The molecule has 0 heterocycles. The van der Waals surface area contributed by atoms with E-state index in [1.54, 1.807) is 25.0 Å². The third kappa shape index (κ3) is 5.62. The summed E-state index contributed by atoms with van der Waals surface area (Å²) in [4.78, 5) is 25.8. The molecular formula is C21H26N2O3. The Bertz CT molecular complexity index is 758. The molecule has 0 aliphatic carbocycles. The van der Waals surface area contributed by atoms with Gasteiger partial charge >= 0.3 is 0 Å². The van der Waals surface area contributed by atoms with E-state index in [9.17, 15) is 9.59 Å². The Morgan fingerprint density at radius 3 is 2.54 bits per heavy atom. The third-order valence-electron chi connectivity index (χ3n) is 4.24. The second-order valence-corrected chi connectivity index (χ2v) is 6.19. The molecule has 0 bridgehead atoms. The SMILES string of the molecule is COc1ccccc1CCN(CCNC(=O)c1cccc(C)c1)C(C)=O. The maximum Gasteiger partial charge on any atom is 0.251 e. The zero-order valence-corrected chi connectivity index (χ0v) is 15.6. The Labute approximate surface area is 155 Å². The van der Waals surface area contributed by atoms with Gasteiger partial charge in [-0.1, -0.05) is 35.9 Å². The van der Waals surface area contributed by atoms with Gasteiger partial charge in [-0.15, -0.1) is 0 Å². The van der Waals surface area contributed by atoms with Gasteiger partial charge in [-0.25, -0.2) is 0 Å². The molecule has 5 nitrogen and oxygen atoms in total. The lowest BCUT2D eigenvalue weighted by molar-refractivity contribution is -0.128. The summed E-state index contributed by atoms with van der Waals surface area (Å²) >= 11 is 0. The molecule has 26 heavy (non-hydrogen) atoms. The van der Waals surface area contributed by atoms with Crippen molar-refractivity contribution in [1.29, 1.82) is 0 Å². The minimum atomic E-state index is -0.123. The highest BCUT2D eigenvalue weighted by molar-refractivity contribution is 5.94. The van der Waals surface area contributed by atoms with Gasteiger partial charge in [0.05, 0.1) is 7.11 Å². The molecule has 0 radical (unpaired) electrons. The van der Waals surface area contributed by atoms with Crippen LogP contribution in [0.4, 0.5) is 0 Å². The van der Waals surface area contributed by atoms with Crippen LogP contribution in [0.1, 0.15) is 28.4 Å². The largest absolute Gasteiger partial charge is 0.496 e. The van der Waals surface area contributed by atoms with Crippen LogP contribution in [-0.2, 0) is 11.2 Å². The van der Waals surface area contributed by atoms with Gasteiger partial charge in [0.1, 0.15) is 5.75 Å². The van der Waals surface area contributed by atoms with E-state index in [4.69, 9.17) is 4.74 Å². The topological polar surface area (TPSA) is 58.6 Å². The number of methoxy groups -OCH3 is 1. The van der Waals surface area contributed by atoms with Crippen molar-refractivity contribution in [2.75, 3.05) is 26.7 Å². The van der Waals surface area contributed by atoms with Gasteiger partial charge in [-0.2, -0.15) is 0 Å². The van der Waals surface area contributed by atoms with E-state index in [2.05, 4.69) is 5.32 Å². The average Bonchev–Trinajstić information content (AvgIpc) is 2.64. The predicted octanol–water partition coefficient (Wildman–Crippen LogP) is 2.82. The van der Waals surface area contributed by atoms with Gasteiger partial charge in [0, 0.05) is 32.1 Å². The molecular weight excluding hydrogens is 328 g/mol. The number of carbonyl (C=O) groups is 2. The Balaban J connectivity index is 1.86. The van der Waals surface area contributed by atoms with Gasteiger partial charge in [0.25, 0.3) is 5.91 Å². The van der Waals surface area contributed by atoms with Crippen molar-refractivity contribution in [3.8, 4) is 5.75 Å². The molecule has 0 aliphatic heterocycles. The summed E-state index contributed by atoms with van der Waals surface area (Å²) in [5.74, 6) is 0.690. The fraction of sp³-hybridized carbons (Fsp3) is 0.333. The summed E-state index contributed by atoms with van der Waals surface area (Å²) in [6.45, 7) is 4.97. The number of benzene rings is 2. The monoisotopic (exact) mass is 354 g/mol. The summed E-state index contributed by atoms with van der Waals surface area (Å²) in [5.41, 5.74) is 2.73. The van der Waals surface area contributed by atoms with Crippen LogP contribution < -0.4 is 10.1 Å². The first kappa shape index (κ1) is 19.5. The summed E-state index contributed by atoms with van der Waals surface area (Å²) in [6.07, 6.45) is 0.704. The smallest absolute Gasteiger partial charge is 0.251 e. The minimum absolute atomic E-state index is 0.00953. The summed E-state index contributed by atoms with van der Waals surface area (Å²) in [5, 5.41) is 2.87. The average molecular weight is 354 g/mol. The first-order valence-electron chi connectivity index (χ1n) is 8.73. The molecule has 0 atom stereocenters. The summed E-state index contributed by atoms with van der Waals surface area (Å²) < 4.78 is 5.35. The molecule has 0 saturated heterocycles. The van der Waals surface area contributed by atoms with Crippen molar-refractivity contribution in [3.63, 3.8) is 0 Å². The van der Waals surface area contributed by atoms with Crippen molar-refractivity contribution in [1.82, 2.24) is 10.2 Å². The second-order valence-electron chi connectivity index (χ2n) is 6.19. The second kappa shape index (κ2) is 9.61. The Morgan fingerprint density at radius 1 is 1.08 bits per heavy atom. The molecule has 0 fully saturated rings. The van der Waals surface area contributed by atoms with Gasteiger partial charge in [-0.05, 0) is 37.1 Å². The lowest BCUT2D eigenvalue weighted by atomic mass is 10.1. The number of carbonyl (C=O) groups excluding carboxylic acids is 2. The van der Waals surface area contributed by atoms with Crippen molar-refractivity contribution in [3.05, 3.63) is 65.2 Å². The van der Waals surface area contributed by atoms with Crippen LogP contribution in [0.25, 0.3) is 0 Å². The zero-order chi connectivity index (χ0) is 18.9. The number of hydrogen-bond acceptors (Lipinski definition) is 3. The Hall–Kier alpha value is -2.82. The lowest BCUT2D eigenvalue weighted by Gasteiger charge is -2.22. The van der Waals surface area contributed by atoms with E-state index in [1.165, 1.54) is 0 Å². The van der Waals surface area contributed by atoms with E-state index in [1.807, 2.05) is 49.4 Å². The third-order valence-corrected chi connectivity index (χ3v) is 4.24. The fourth-order valence-corrected chi connectivity index (χ4v) is 2.78. The number of nitrogens with zero attached hydrogens (tertiary/aromatic N) is 1. The number of para-hydroxylation sites is 1. The fourth-order valence-electron chi connectivity index (χ4n) is 2.78. The van der Waals surface area contributed by atoms with Crippen LogP contribution in [-0.4, -0.2) is 43.5 Å². The van der Waals surface area contributed by atoms with E-state index in [0.29, 0.717) is 31.6 Å². The van der Waals surface area contributed by atoms with Crippen LogP contribution in [0.15, 0.2) is 48.5 Å². The van der Waals surface area contributed by atoms with Crippen LogP contribution >= 0.6 is 0 Å². The number of ether oxygens (including phenoxy) is 1. The number of nitrogens with one attached hydrogen (secondary N) is 1. The van der Waals surface area contributed by atoms with Crippen LogP contribution in [0.3, 0.4) is 0 Å². The molecule has 2 rings (SSSR count). The molecule has 0 saturated carbocycles. The van der Waals surface area contributed by atoms with E-state index >= 15 is 0 Å². The molecule has 1 N–H and O–H groups in total. The highest BCUT2D eigenvalue weighted by Crippen LogP contribution is 2.18. The van der Waals surface area contributed by atoms with Crippen LogP contribution in [0.2, 0.25) is 0 Å². The molecule has 0 aliphatic rings. The molecule has 2 amide bonds. The van der Waals surface area contributed by atoms with Crippen LogP contribution in [0.5, 0.6) is 5.75 Å². The zero-order valence-electron chi connectivity index (χ0n) is 15.6. The summed E-state index contributed by atoms with van der Waals surface area (Å²) in [7, 11) is 1.64. The van der Waals surface area contributed by atoms with Crippen molar-refractivity contribution < 1.29 is 14.3 Å². The number of rotatable bonds is 8. The molecule has 2 aromatic carbocycles. The highest BCUT2D eigenvalue weighted by Gasteiger charge is 2.11. The molecule has 0 spiro atoms. The first-order chi connectivity index (χ1) is 12.5. The van der Waals surface area contributed by atoms with Gasteiger partial charge in [0.15, 0.2) is 0 Å². The van der Waals surface area contributed by atoms with Gasteiger partial charge < -0.3 is 15.0 Å². The van der Waals surface area contributed by atoms with Crippen molar-refractivity contribution >= 4 is 11.8 Å². The number of amides is 2. The van der Waals surface area contributed by atoms with Crippen molar-refractivity contribution in [2.45, 2.75) is 20.3 Å². The van der Waals surface area contributed by atoms with Gasteiger partial charge in [-0.3, -0.25) is 9.59 Å². The molecule has 0 unspecified atom stereocenters. The van der Waals surface area contributed by atoms with E-state index in [0.717, 1.165) is 16.9 Å². The standard InChI is InChI=1S/C21H26N2O3/c1-16-7-6-9-19(15-16)21(25)22-12-14-23(17(2)24)13-11-18-8-4-5-10-20(18)26-3/h4-10,15H,11-14H2,1-3H3,(H,22,25). The molecule has 2 aromatic rings. The highest BCUT2D eigenvalue weighted by atomic mass is 16.5. The maximum absolute atomic E-state index is 12.2. The first-order valence-corrected chi connectivity index (χ1v) is 8.73.